The second-order valence-electron chi connectivity index (χ2n) is 9.89. The molecule has 0 aromatic rings. The third-order valence-electron chi connectivity index (χ3n) is 7.53. The highest BCUT2D eigenvalue weighted by Gasteiger charge is 2.55. The van der Waals surface area contributed by atoms with Crippen molar-refractivity contribution in [2.24, 2.45) is 17.3 Å². The standard InChI is InChI=1S/C20H34O2Si/c1-19(2,3)23(5,6)22-18-10-9-17-16-8-7-15(21)13-14(16)11-12-20(17,18)4/h13,16-18H,7-12H2,1-6H3/t16-,17+,18+,20+/m1/s1. The Bertz CT molecular complexity index is 528. The molecule has 0 saturated heterocycles. The number of carbonyl (C=O) groups excluding carboxylic acids is 1. The van der Waals surface area contributed by atoms with Gasteiger partial charge < -0.3 is 4.43 Å². The van der Waals surface area contributed by atoms with Crippen LogP contribution in [0.1, 0.15) is 66.2 Å². The Labute approximate surface area is 143 Å². The highest BCUT2D eigenvalue weighted by Crippen LogP contribution is 2.59. The molecule has 0 radical (unpaired) electrons. The maximum atomic E-state index is 11.8. The largest absolute Gasteiger partial charge is 0.413 e. The molecule has 2 nitrogen and oxygen atoms in total. The Morgan fingerprint density at radius 2 is 1.87 bits per heavy atom. The van der Waals surface area contributed by atoms with Gasteiger partial charge in [0.05, 0.1) is 6.10 Å². The number of hydrogen-bond donors (Lipinski definition) is 0. The minimum absolute atomic E-state index is 0.276. The van der Waals surface area contributed by atoms with E-state index >= 15 is 0 Å². The summed E-state index contributed by atoms with van der Waals surface area (Å²) in [7, 11) is -1.72. The quantitative estimate of drug-likeness (QED) is 0.624. The van der Waals surface area contributed by atoms with Crippen LogP contribution in [0.4, 0.5) is 0 Å². The minimum Gasteiger partial charge on any atom is -0.413 e. The fourth-order valence-electron chi connectivity index (χ4n) is 4.96. The van der Waals surface area contributed by atoms with Gasteiger partial charge in [0.1, 0.15) is 0 Å². The molecule has 0 amide bonds. The summed E-state index contributed by atoms with van der Waals surface area (Å²) < 4.78 is 6.89. The van der Waals surface area contributed by atoms with Gasteiger partial charge in [-0.1, -0.05) is 33.3 Å². The van der Waals surface area contributed by atoms with Gasteiger partial charge >= 0.3 is 0 Å². The van der Waals surface area contributed by atoms with Crippen molar-refractivity contribution in [2.75, 3.05) is 0 Å². The Morgan fingerprint density at radius 3 is 2.52 bits per heavy atom. The van der Waals surface area contributed by atoms with Crippen LogP contribution >= 0.6 is 0 Å². The maximum absolute atomic E-state index is 11.8. The van der Waals surface area contributed by atoms with Crippen molar-refractivity contribution in [2.45, 2.75) is 90.5 Å². The average molecular weight is 335 g/mol. The van der Waals surface area contributed by atoms with Crippen LogP contribution in [0.15, 0.2) is 11.6 Å². The van der Waals surface area contributed by atoms with Crippen molar-refractivity contribution in [3.05, 3.63) is 11.6 Å². The van der Waals surface area contributed by atoms with Crippen LogP contribution in [0.3, 0.4) is 0 Å². The first-order valence-electron chi connectivity index (χ1n) is 9.46. The molecule has 3 rings (SSSR count). The summed E-state index contributed by atoms with van der Waals surface area (Å²) in [5.74, 6) is 1.73. The molecule has 0 spiro atoms. The summed E-state index contributed by atoms with van der Waals surface area (Å²) in [4.78, 5) is 11.8. The molecule has 3 heteroatoms. The summed E-state index contributed by atoms with van der Waals surface area (Å²) in [6.45, 7) is 14.3. The first-order chi connectivity index (χ1) is 10.5. The molecule has 130 valence electrons. The first kappa shape index (κ1) is 17.4. The van der Waals surface area contributed by atoms with Crippen LogP contribution in [-0.4, -0.2) is 20.2 Å². The average Bonchev–Trinajstić information content (AvgIpc) is 2.74. The van der Waals surface area contributed by atoms with E-state index in [4.69, 9.17) is 4.43 Å². The molecule has 3 aliphatic rings. The lowest BCUT2D eigenvalue weighted by molar-refractivity contribution is -0.115. The highest BCUT2D eigenvalue weighted by atomic mass is 28.4. The lowest BCUT2D eigenvalue weighted by atomic mass is 9.59. The summed E-state index contributed by atoms with van der Waals surface area (Å²) in [5.41, 5.74) is 1.77. The Kier molecular flexibility index (Phi) is 4.20. The summed E-state index contributed by atoms with van der Waals surface area (Å²) in [5, 5.41) is 0.276. The lowest BCUT2D eigenvalue weighted by Crippen LogP contribution is -2.49. The molecule has 0 aromatic carbocycles. The molecule has 2 fully saturated rings. The van der Waals surface area contributed by atoms with Gasteiger partial charge in [-0.3, -0.25) is 4.79 Å². The van der Waals surface area contributed by atoms with Gasteiger partial charge in [-0.25, -0.2) is 0 Å². The predicted octanol–water partition coefficient (Wildman–Crippen LogP) is 5.49. The SMILES string of the molecule is CC(C)(C)[Si](C)(C)O[C@H]1CC[C@H]2[C@@H]3CCC(=O)C=C3CC[C@]12C. The number of fused-ring (bicyclic) bond motifs is 3. The van der Waals surface area contributed by atoms with Gasteiger partial charge in [0.25, 0.3) is 0 Å². The fourth-order valence-corrected chi connectivity index (χ4v) is 6.41. The van der Waals surface area contributed by atoms with E-state index < -0.39 is 8.32 Å². The molecule has 0 unspecified atom stereocenters. The van der Waals surface area contributed by atoms with Crippen molar-refractivity contribution in [3.8, 4) is 0 Å². The Hall–Kier alpha value is -0.413. The maximum Gasteiger partial charge on any atom is 0.192 e. The lowest BCUT2D eigenvalue weighted by Gasteiger charge is -2.49. The van der Waals surface area contributed by atoms with E-state index in [1.165, 1.54) is 24.8 Å². The van der Waals surface area contributed by atoms with E-state index in [2.05, 4.69) is 40.8 Å². The summed E-state index contributed by atoms with van der Waals surface area (Å²) >= 11 is 0. The summed E-state index contributed by atoms with van der Waals surface area (Å²) in [6, 6.07) is 0. The van der Waals surface area contributed by atoms with Crippen molar-refractivity contribution < 1.29 is 9.22 Å². The van der Waals surface area contributed by atoms with Gasteiger partial charge in [0.15, 0.2) is 14.1 Å². The Morgan fingerprint density at radius 1 is 1.17 bits per heavy atom. The van der Waals surface area contributed by atoms with Crippen LogP contribution in [0.25, 0.3) is 0 Å². The molecule has 0 heterocycles. The number of ketones is 1. The van der Waals surface area contributed by atoms with Crippen molar-refractivity contribution >= 4 is 14.1 Å². The molecular weight excluding hydrogens is 300 g/mol. The second kappa shape index (κ2) is 5.55. The molecule has 23 heavy (non-hydrogen) atoms. The number of carbonyl (C=O) groups is 1. The van der Waals surface area contributed by atoms with Gasteiger partial charge in [0, 0.05) is 6.42 Å². The van der Waals surface area contributed by atoms with Crippen LogP contribution in [-0.2, 0) is 9.22 Å². The normalized spacial score (nSPS) is 38.1. The van der Waals surface area contributed by atoms with Gasteiger partial charge in [-0.05, 0) is 73.6 Å². The van der Waals surface area contributed by atoms with Crippen molar-refractivity contribution in [1.29, 1.82) is 0 Å². The molecular formula is C20H34O2Si. The van der Waals surface area contributed by atoms with Crippen LogP contribution in [0.2, 0.25) is 18.1 Å². The third kappa shape index (κ3) is 2.88. The van der Waals surface area contributed by atoms with E-state index in [0.29, 0.717) is 23.2 Å². The van der Waals surface area contributed by atoms with Crippen molar-refractivity contribution in [3.63, 3.8) is 0 Å². The highest BCUT2D eigenvalue weighted by molar-refractivity contribution is 6.74. The van der Waals surface area contributed by atoms with Crippen molar-refractivity contribution in [1.82, 2.24) is 0 Å². The molecule has 0 bridgehead atoms. The van der Waals surface area contributed by atoms with E-state index in [1.807, 2.05) is 6.08 Å². The van der Waals surface area contributed by atoms with Crippen LogP contribution in [0, 0.1) is 17.3 Å². The van der Waals surface area contributed by atoms with E-state index in [1.54, 1.807) is 0 Å². The molecule has 0 aliphatic heterocycles. The zero-order chi connectivity index (χ0) is 17.0. The minimum atomic E-state index is -1.72. The van der Waals surface area contributed by atoms with E-state index in [9.17, 15) is 4.79 Å². The smallest absolute Gasteiger partial charge is 0.192 e. The van der Waals surface area contributed by atoms with E-state index in [-0.39, 0.29) is 5.04 Å². The fraction of sp³-hybridized carbons (Fsp3) is 0.850. The molecule has 2 saturated carbocycles. The second-order valence-corrected chi connectivity index (χ2v) is 14.6. The number of hydrogen-bond acceptors (Lipinski definition) is 2. The zero-order valence-electron chi connectivity index (χ0n) is 15.9. The molecule has 0 N–H and O–H groups in total. The Balaban J connectivity index is 1.81. The van der Waals surface area contributed by atoms with E-state index in [0.717, 1.165) is 25.2 Å². The van der Waals surface area contributed by atoms with Gasteiger partial charge in [-0.15, -0.1) is 0 Å². The van der Waals surface area contributed by atoms with Gasteiger partial charge in [0.2, 0.25) is 0 Å². The molecule has 0 aromatic heterocycles. The number of allylic oxidation sites excluding steroid dienone is 2. The first-order valence-corrected chi connectivity index (χ1v) is 12.4. The number of rotatable bonds is 2. The molecule has 3 aliphatic carbocycles. The summed E-state index contributed by atoms with van der Waals surface area (Å²) in [6.07, 6.45) is 9.06. The zero-order valence-corrected chi connectivity index (χ0v) is 16.9. The monoisotopic (exact) mass is 334 g/mol. The van der Waals surface area contributed by atoms with Gasteiger partial charge in [-0.2, -0.15) is 0 Å². The van der Waals surface area contributed by atoms with Crippen LogP contribution in [0.5, 0.6) is 0 Å². The third-order valence-corrected chi connectivity index (χ3v) is 12.0. The predicted molar refractivity (Wildman–Crippen MR) is 97.9 cm³/mol. The van der Waals surface area contributed by atoms with Crippen LogP contribution < -0.4 is 0 Å². The molecule has 4 atom stereocenters. The topological polar surface area (TPSA) is 26.3 Å².